The molecule has 4 nitrogen and oxygen atoms in total. The largest absolute Gasteiger partial charge is 0.353 e. The molecule has 3 saturated carbocycles. The summed E-state index contributed by atoms with van der Waals surface area (Å²) in [4.78, 5) is 25.0. The van der Waals surface area contributed by atoms with Crippen LogP contribution in [0.5, 0.6) is 0 Å². The van der Waals surface area contributed by atoms with E-state index >= 15 is 0 Å². The summed E-state index contributed by atoms with van der Waals surface area (Å²) in [7, 11) is 0. The molecule has 2 N–H and O–H groups in total. The fraction of sp³-hybridized carbons (Fsp3) is 0.913. The zero-order valence-corrected chi connectivity index (χ0v) is 17.9. The molecule has 0 bridgehead atoms. The van der Waals surface area contributed by atoms with Crippen molar-refractivity contribution < 1.29 is 9.59 Å². The number of hydrogen-bond donors (Lipinski definition) is 2. The Morgan fingerprint density at radius 2 is 1.70 bits per heavy atom. The van der Waals surface area contributed by atoms with Crippen LogP contribution in [0.3, 0.4) is 0 Å². The van der Waals surface area contributed by atoms with Gasteiger partial charge < -0.3 is 10.6 Å². The number of carbonyl (C=O) groups excluding carboxylic acids is 2. The quantitative estimate of drug-likeness (QED) is 0.728. The molecule has 0 aromatic rings. The minimum absolute atomic E-state index is 0.150. The number of amides is 2. The first-order chi connectivity index (χ1) is 12.5. The van der Waals surface area contributed by atoms with Gasteiger partial charge >= 0.3 is 0 Å². The molecule has 4 rings (SSSR count). The molecular weight excluding hydrogens is 336 g/mol. The molecule has 0 spiro atoms. The topological polar surface area (TPSA) is 58.2 Å². The van der Waals surface area contributed by atoms with Crippen LogP contribution in [0.15, 0.2) is 0 Å². The van der Waals surface area contributed by atoms with E-state index in [1.54, 1.807) is 0 Å². The van der Waals surface area contributed by atoms with Crippen LogP contribution in [0.25, 0.3) is 0 Å². The molecule has 0 radical (unpaired) electrons. The van der Waals surface area contributed by atoms with Crippen molar-refractivity contribution in [1.29, 1.82) is 0 Å². The Morgan fingerprint density at radius 3 is 2.41 bits per heavy atom. The lowest BCUT2D eigenvalue weighted by molar-refractivity contribution is -0.142. The van der Waals surface area contributed by atoms with E-state index in [1.165, 1.54) is 19.3 Å². The van der Waals surface area contributed by atoms with Crippen molar-refractivity contribution in [2.45, 2.75) is 97.6 Å². The van der Waals surface area contributed by atoms with Gasteiger partial charge in [0.2, 0.25) is 11.8 Å². The lowest BCUT2D eigenvalue weighted by Crippen LogP contribution is -2.61. The highest BCUT2D eigenvalue weighted by molar-refractivity contribution is 5.80. The Hall–Kier alpha value is -1.06. The van der Waals surface area contributed by atoms with Gasteiger partial charge in [0.05, 0.1) is 0 Å². The zero-order chi connectivity index (χ0) is 19.6. The van der Waals surface area contributed by atoms with E-state index in [9.17, 15) is 9.59 Å². The first-order valence-electron chi connectivity index (χ1n) is 11.2. The zero-order valence-electron chi connectivity index (χ0n) is 17.9. The van der Waals surface area contributed by atoms with Crippen molar-refractivity contribution in [2.75, 3.05) is 0 Å². The van der Waals surface area contributed by atoms with E-state index in [0.717, 1.165) is 31.6 Å². The summed E-state index contributed by atoms with van der Waals surface area (Å²) in [5.41, 5.74) is 0.246. The van der Waals surface area contributed by atoms with Crippen LogP contribution in [0.4, 0.5) is 0 Å². The van der Waals surface area contributed by atoms with Crippen LogP contribution < -0.4 is 10.6 Å². The highest BCUT2D eigenvalue weighted by Crippen LogP contribution is 2.65. The maximum atomic E-state index is 13.0. The van der Waals surface area contributed by atoms with Crippen LogP contribution >= 0.6 is 0 Å². The van der Waals surface area contributed by atoms with Gasteiger partial charge in [-0.25, -0.2) is 0 Å². The van der Waals surface area contributed by atoms with Crippen molar-refractivity contribution in [3.05, 3.63) is 0 Å². The third-order valence-electron chi connectivity index (χ3n) is 8.91. The lowest BCUT2D eigenvalue weighted by atomic mass is 9.47. The summed E-state index contributed by atoms with van der Waals surface area (Å²) in [6.45, 7) is 11.1. The molecular formula is C23H38N2O2. The summed E-state index contributed by atoms with van der Waals surface area (Å²) in [5, 5.41) is 6.57. The first kappa shape index (κ1) is 19.3. The summed E-state index contributed by atoms with van der Waals surface area (Å²) < 4.78 is 0. The average Bonchev–Trinajstić information content (AvgIpc) is 2.91. The standard InChI is InChI=1S/C23H38N2O2/c1-21(2,3)25-20(27)17-8-7-15-14-6-9-18-23(5,13-11-19(26)24-18)16(14)10-12-22(15,17)4/h14-18H,6-13H2,1-5H3,(H,24,26)(H,25,27)/t14-,15-,16+,17+,18-,22-,23+/m0/s1. The van der Waals surface area contributed by atoms with Gasteiger partial charge in [-0.1, -0.05) is 13.8 Å². The maximum Gasteiger partial charge on any atom is 0.224 e. The second kappa shape index (κ2) is 6.22. The minimum atomic E-state index is -0.158. The van der Waals surface area contributed by atoms with E-state index in [-0.39, 0.29) is 34.1 Å². The molecule has 4 fully saturated rings. The number of piperidine rings is 1. The predicted octanol–water partition coefficient (Wildman–Crippen LogP) is 4.04. The molecule has 4 aliphatic rings. The number of nitrogens with one attached hydrogen (secondary N) is 2. The Labute approximate surface area is 164 Å². The van der Waals surface area contributed by atoms with Gasteiger partial charge in [-0.05, 0) is 94.3 Å². The number of fused-ring (bicyclic) bond motifs is 5. The van der Waals surface area contributed by atoms with E-state index in [0.29, 0.717) is 24.3 Å². The van der Waals surface area contributed by atoms with E-state index in [1.807, 2.05) is 0 Å². The molecule has 1 heterocycles. The Morgan fingerprint density at radius 1 is 1.00 bits per heavy atom. The fourth-order valence-electron chi connectivity index (χ4n) is 7.59. The predicted molar refractivity (Wildman–Crippen MR) is 107 cm³/mol. The maximum absolute atomic E-state index is 13.0. The normalized spacial score (nSPS) is 46.7. The third-order valence-corrected chi connectivity index (χ3v) is 8.91. The van der Waals surface area contributed by atoms with E-state index in [4.69, 9.17) is 0 Å². The molecule has 4 heteroatoms. The molecule has 0 aromatic heterocycles. The van der Waals surface area contributed by atoms with Gasteiger partial charge in [0.25, 0.3) is 0 Å². The third kappa shape index (κ3) is 3.02. The van der Waals surface area contributed by atoms with Gasteiger partial charge in [0, 0.05) is 23.9 Å². The van der Waals surface area contributed by atoms with Gasteiger partial charge in [-0.3, -0.25) is 9.59 Å². The first-order valence-corrected chi connectivity index (χ1v) is 11.2. The van der Waals surface area contributed by atoms with Crippen molar-refractivity contribution in [2.24, 2.45) is 34.5 Å². The van der Waals surface area contributed by atoms with Crippen molar-refractivity contribution in [3.63, 3.8) is 0 Å². The summed E-state index contributed by atoms with van der Waals surface area (Å²) in [5.74, 6) is 2.79. The Kier molecular flexibility index (Phi) is 4.44. The van der Waals surface area contributed by atoms with Gasteiger partial charge in [0.15, 0.2) is 0 Å². The van der Waals surface area contributed by atoms with Gasteiger partial charge in [-0.2, -0.15) is 0 Å². The Balaban J connectivity index is 1.55. The molecule has 0 aromatic carbocycles. The number of hydrogen-bond acceptors (Lipinski definition) is 2. The summed E-state index contributed by atoms with van der Waals surface area (Å²) in [6.07, 6.45) is 8.71. The molecule has 152 valence electrons. The van der Waals surface area contributed by atoms with Crippen LogP contribution in [0.1, 0.15) is 86.0 Å². The monoisotopic (exact) mass is 374 g/mol. The Bertz CT molecular complexity index is 639. The SMILES string of the molecule is CC(C)(C)NC(=O)[C@H]1CC[C@H]2[C@@H]3CC[C@@H]4NC(=O)CC[C@]4(C)[C@@H]3CC[C@]12C. The molecule has 7 atom stereocenters. The van der Waals surface area contributed by atoms with Crippen molar-refractivity contribution in [1.82, 2.24) is 10.6 Å². The van der Waals surface area contributed by atoms with Crippen molar-refractivity contribution >= 4 is 11.8 Å². The smallest absolute Gasteiger partial charge is 0.224 e. The van der Waals surface area contributed by atoms with Crippen LogP contribution in [0.2, 0.25) is 0 Å². The minimum Gasteiger partial charge on any atom is -0.353 e. The van der Waals surface area contributed by atoms with E-state index < -0.39 is 0 Å². The molecule has 3 aliphatic carbocycles. The summed E-state index contributed by atoms with van der Waals surface area (Å²) in [6, 6.07) is 0.366. The van der Waals surface area contributed by atoms with Crippen LogP contribution in [-0.4, -0.2) is 23.4 Å². The molecule has 0 unspecified atom stereocenters. The molecule has 1 aliphatic heterocycles. The second-order valence-electron chi connectivity index (χ2n) is 11.5. The van der Waals surface area contributed by atoms with Gasteiger partial charge in [0.1, 0.15) is 0 Å². The average molecular weight is 375 g/mol. The lowest BCUT2D eigenvalue weighted by Gasteiger charge is -2.60. The number of rotatable bonds is 1. The number of carbonyl (C=O) groups is 2. The highest BCUT2D eigenvalue weighted by Gasteiger charge is 2.61. The summed E-state index contributed by atoms with van der Waals surface area (Å²) >= 11 is 0. The highest BCUT2D eigenvalue weighted by atomic mass is 16.2. The molecule has 27 heavy (non-hydrogen) atoms. The van der Waals surface area contributed by atoms with Crippen LogP contribution in [-0.2, 0) is 9.59 Å². The fourth-order valence-corrected chi connectivity index (χ4v) is 7.59. The molecule has 2 amide bonds. The van der Waals surface area contributed by atoms with E-state index in [2.05, 4.69) is 45.3 Å². The van der Waals surface area contributed by atoms with Crippen LogP contribution in [0, 0.1) is 34.5 Å². The van der Waals surface area contributed by atoms with Crippen molar-refractivity contribution in [3.8, 4) is 0 Å². The van der Waals surface area contributed by atoms with Gasteiger partial charge in [-0.15, -0.1) is 0 Å². The molecule has 1 saturated heterocycles. The second-order valence-corrected chi connectivity index (χ2v) is 11.5.